The van der Waals surface area contributed by atoms with Gasteiger partial charge < -0.3 is 0 Å². The Kier molecular flexibility index (Phi) is 6.73. The smallest absolute Gasteiger partial charge is 0.261 e. The van der Waals surface area contributed by atoms with Crippen molar-refractivity contribution in [2.24, 2.45) is 0 Å². The van der Waals surface area contributed by atoms with Gasteiger partial charge in [0.05, 0.1) is 0 Å². The number of aryl methyl sites for hydroxylation is 1. The normalized spacial score (nSPS) is 12.6. The SMILES string of the molecule is CS(=O)(=O)C(CCCCc1ccc(-c2ccccc2)cc1)C(=O)NO. The number of rotatable bonds is 8. The molecule has 0 aromatic heterocycles. The van der Waals surface area contributed by atoms with E-state index in [1.54, 1.807) is 0 Å². The summed E-state index contributed by atoms with van der Waals surface area (Å²) in [4.78, 5) is 11.5. The lowest BCUT2D eigenvalue weighted by atomic mass is 10.0. The van der Waals surface area contributed by atoms with E-state index in [2.05, 4.69) is 36.4 Å². The minimum Gasteiger partial charge on any atom is -0.289 e. The third-order valence-corrected chi connectivity index (χ3v) is 5.65. The topological polar surface area (TPSA) is 83.5 Å². The molecule has 0 saturated carbocycles. The molecule has 2 aromatic rings. The van der Waals surface area contributed by atoms with Crippen LogP contribution >= 0.6 is 0 Å². The van der Waals surface area contributed by atoms with E-state index >= 15 is 0 Å². The molecule has 0 aliphatic carbocycles. The number of carbonyl (C=O) groups excluding carboxylic acids is 1. The molecule has 2 rings (SSSR count). The van der Waals surface area contributed by atoms with Gasteiger partial charge in [0.1, 0.15) is 5.25 Å². The summed E-state index contributed by atoms with van der Waals surface area (Å²) in [5.41, 5.74) is 4.92. The average Bonchev–Trinajstić information content (AvgIpc) is 2.61. The van der Waals surface area contributed by atoms with Gasteiger partial charge in [-0.05, 0) is 36.0 Å². The third kappa shape index (κ3) is 5.69. The van der Waals surface area contributed by atoms with Crippen LogP contribution in [0, 0.1) is 0 Å². The van der Waals surface area contributed by atoms with Gasteiger partial charge in [-0.3, -0.25) is 10.0 Å². The van der Waals surface area contributed by atoms with E-state index in [-0.39, 0.29) is 6.42 Å². The highest BCUT2D eigenvalue weighted by molar-refractivity contribution is 7.92. The van der Waals surface area contributed by atoms with Crippen molar-refractivity contribution in [3.63, 3.8) is 0 Å². The van der Waals surface area contributed by atoms with Crippen LogP contribution in [-0.2, 0) is 21.1 Å². The summed E-state index contributed by atoms with van der Waals surface area (Å²) in [6, 6.07) is 18.4. The summed E-state index contributed by atoms with van der Waals surface area (Å²) in [7, 11) is -3.53. The summed E-state index contributed by atoms with van der Waals surface area (Å²) >= 11 is 0. The van der Waals surface area contributed by atoms with Crippen LogP contribution in [0.5, 0.6) is 0 Å². The molecular weight excluding hydrogens is 338 g/mol. The number of benzene rings is 2. The molecule has 0 aliphatic rings. The zero-order valence-corrected chi connectivity index (χ0v) is 15.0. The zero-order chi connectivity index (χ0) is 18.3. The first-order valence-corrected chi connectivity index (χ1v) is 10.1. The van der Waals surface area contributed by atoms with E-state index in [0.29, 0.717) is 6.42 Å². The second-order valence-corrected chi connectivity index (χ2v) is 8.33. The first-order chi connectivity index (χ1) is 11.9. The number of unbranched alkanes of at least 4 members (excludes halogenated alkanes) is 1. The fraction of sp³-hybridized carbons (Fsp3) is 0.316. The Bertz CT molecular complexity index is 786. The van der Waals surface area contributed by atoms with Crippen molar-refractivity contribution in [2.45, 2.75) is 30.9 Å². The second-order valence-electron chi connectivity index (χ2n) is 6.10. The van der Waals surface area contributed by atoms with E-state index < -0.39 is 21.0 Å². The second kappa shape index (κ2) is 8.78. The highest BCUT2D eigenvalue weighted by Crippen LogP contribution is 2.20. The molecule has 134 valence electrons. The van der Waals surface area contributed by atoms with Crippen molar-refractivity contribution < 1.29 is 18.4 Å². The number of nitrogens with one attached hydrogen (secondary N) is 1. The Balaban J connectivity index is 1.86. The Hall–Kier alpha value is -2.18. The summed E-state index contributed by atoms with van der Waals surface area (Å²) in [5, 5.41) is 7.46. The molecule has 0 fully saturated rings. The molecular formula is C19H23NO4S. The largest absolute Gasteiger partial charge is 0.289 e. The molecule has 5 nitrogen and oxygen atoms in total. The van der Waals surface area contributed by atoms with Gasteiger partial charge in [0.2, 0.25) is 0 Å². The number of amides is 1. The van der Waals surface area contributed by atoms with Gasteiger partial charge in [-0.25, -0.2) is 13.9 Å². The van der Waals surface area contributed by atoms with E-state index in [1.807, 2.05) is 18.2 Å². The van der Waals surface area contributed by atoms with E-state index in [9.17, 15) is 13.2 Å². The van der Waals surface area contributed by atoms with Crippen LogP contribution in [0.2, 0.25) is 0 Å². The van der Waals surface area contributed by atoms with Crippen LogP contribution in [0.15, 0.2) is 54.6 Å². The van der Waals surface area contributed by atoms with Crippen LogP contribution in [-0.4, -0.2) is 31.0 Å². The van der Waals surface area contributed by atoms with Gasteiger partial charge in [-0.1, -0.05) is 61.0 Å². The first-order valence-electron chi connectivity index (χ1n) is 8.19. The van der Waals surface area contributed by atoms with Crippen molar-refractivity contribution in [3.8, 4) is 11.1 Å². The highest BCUT2D eigenvalue weighted by atomic mass is 32.2. The first kappa shape index (κ1) is 19.1. The Morgan fingerprint density at radius 1 is 1.00 bits per heavy atom. The lowest BCUT2D eigenvalue weighted by Crippen LogP contribution is -2.37. The summed E-state index contributed by atoms with van der Waals surface area (Å²) < 4.78 is 23.2. The van der Waals surface area contributed by atoms with E-state index in [4.69, 9.17) is 5.21 Å². The monoisotopic (exact) mass is 361 g/mol. The van der Waals surface area contributed by atoms with Crippen LogP contribution < -0.4 is 5.48 Å². The predicted octanol–water partition coefficient (Wildman–Crippen LogP) is 2.99. The molecule has 1 atom stereocenters. The van der Waals surface area contributed by atoms with Gasteiger partial charge in [0.15, 0.2) is 9.84 Å². The minimum absolute atomic E-state index is 0.202. The van der Waals surface area contributed by atoms with Crippen molar-refractivity contribution in [2.75, 3.05) is 6.26 Å². The lowest BCUT2D eigenvalue weighted by molar-refractivity contribution is -0.128. The predicted molar refractivity (Wildman–Crippen MR) is 98.0 cm³/mol. The van der Waals surface area contributed by atoms with Crippen molar-refractivity contribution in [1.82, 2.24) is 5.48 Å². The third-order valence-electron chi connectivity index (χ3n) is 4.16. The molecule has 0 aliphatic heterocycles. The van der Waals surface area contributed by atoms with Gasteiger partial charge >= 0.3 is 0 Å². The zero-order valence-electron chi connectivity index (χ0n) is 14.2. The van der Waals surface area contributed by atoms with Crippen molar-refractivity contribution in [3.05, 3.63) is 60.2 Å². The van der Waals surface area contributed by atoms with Crippen molar-refractivity contribution in [1.29, 1.82) is 0 Å². The Labute approximate surface area is 148 Å². The number of hydrogen-bond donors (Lipinski definition) is 2. The minimum atomic E-state index is -3.53. The number of hydroxylamine groups is 1. The standard InChI is InChI=1S/C19H23NO4S/c1-25(23,24)18(19(21)20-22)10-6-5-7-15-11-13-17(14-12-15)16-8-3-2-4-9-16/h2-4,8-9,11-14,18,22H,5-7,10H2,1H3,(H,20,21). The molecule has 1 amide bonds. The van der Waals surface area contributed by atoms with Crippen LogP contribution in [0.3, 0.4) is 0 Å². The molecule has 0 heterocycles. The van der Waals surface area contributed by atoms with Crippen LogP contribution in [0.25, 0.3) is 11.1 Å². The summed E-state index contributed by atoms with van der Waals surface area (Å²) in [5.74, 6) is -0.866. The maximum Gasteiger partial charge on any atom is 0.261 e. The Morgan fingerprint density at radius 3 is 2.16 bits per heavy atom. The summed E-state index contributed by atoms with van der Waals surface area (Å²) in [6.45, 7) is 0. The summed E-state index contributed by atoms with van der Waals surface area (Å²) in [6.07, 6.45) is 3.38. The molecule has 0 bridgehead atoms. The molecule has 25 heavy (non-hydrogen) atoms. The van der Waals surface area contributed by atoms with E-state index in [0.717, 1.165) is 24.7 Å². The van der Waals surface area contributed by atoms with Gasteiger partial charge in [-0.2, -0.15) is 0 Å². The lowest BCUT2D eigenvalue weighted by Gasteiger charge is -2.12. The van der Waals surface area contributed by atoms with Gasteiger partial charge in [-0.15, -0.1) is 0 Å². The van der Waals surface area contributed by atoms with Crippen molar-refractivity contribution >= 4 is 15.7 Å². The molecule has 6 heteroatoms. The molecule has 0 spiro atoms. The highest BCUT2D eigenvalue weighted by Gasteiger charge is 2.27. The van der Waals surface area contributed by atoms with E-state index in [1.165, 1.54) is 16.6 Å². The molecule has 2 aromatic carbocycles. The molecule has 1 unspecified atom stereocenters. The van der Waals surface area contributed by atoms with Gasteiger partial charge in [0, 0.05) is 6.26 Å². The molecule has 2 N–H and O–H groups in total. The maximum atomic E-state index is 11.6. The fourth-order valence-electron chi connectivity index (χ4n) is 2.76. The average molecular weight is 361 g/mol. The molecule has 0 saturated heterocycles. The number of hydrogen-bond acceptors (Lipinski definition) is 4. The Morgan fingerprint density at radius 2 is 1.60 bits per heavy atom. The van der Waals surface area contributed by atoms with Crippen LogP contribution in [0.1, 0.15) is 24.8 Å². The van der Waals surface area contributed by atoms with Gasteiger partial charge in [0.25, 0.3) is 5.91 Å². The quantitative estimate of drug-likeness (QED) is 0.430. The fourth-order valence-corrected chi connectivity index (χ4v) is 3.80. The maximum absolute atomic E-state index is 11.6. The number of sulfone groups is 1. The number of carbonyl (C=O) groups is 1. The molecule has 0 radical (unpaired) electrons. The van der Waals surface area contributed by atoms with Crippen LogP contribution in [0.4, 0.5) is 0 Å².